The molecule has 172 valence electrons. The largest absolute Gasteiger partial charge is 0.344 e. The second-order valence-corrected chi connectivity index (χ2v) is 10.1. The molecular weight excluding hydrogens is 436 g/mol. The molecule has 0 aromatic carbocycles. The highest BCUT2D eigenvalue weighted by molar-refractivity contribution is 7.91. The second kappa shape index (κ2) is 8.73. The third kappa shape index (κ3) is 4.12. The minimum absolute atomic E-state index is 0.00915. The van der Waals surface area contributed by atoms with E-state index in [1.807, 2.05) is 4.57 Å². The molecular formula is C21H26N4O6S. The number of carbonyl (C=O) groups is 1. The Balaban J connectivity index is 2.05. The molecule has 0 radical (unpaired) electrons. The van der Waals surface area contributed by atoms with E-state index in [4.69, 9.17) is 0 Å². The lowest BCUT2D eigenvalue weighted by atomic mass is 10.1. The summed E-state index contributed by atoms with van der Waals surface area (Å²) < 4.78 is 28.0. The Morgan fingerprint density at radius 2 is 1.56 bits per heavy atom. The van der Waals surface area contributed by atoms with E-state index < -0.39 is 39.2 Å². The molecule has 0 amide bonds. The summed E-state index contributed by atoms with van der Waals surface area (Å²) in [4.78, 5) is 51.1. The van der Waals surface area contributed by atoms with Crippen LogP contribution in [0.3, 0.4) is 0 Å². The topological polar surface area (TPSA) is 122 Å². The number of sulfone groups is 1. The van der Waals surface area contributed by atoms with Gasteiger partial charge in [-0.1, -0.05) is 12.2 Å². The first-order valence-electron chi connectivity index (χ1n) is 10.1. The molecule has 2 aromatic rings. The van der Waals surface area contributed by atoms with Gasteiger partial charge in [-0.05, 0) is 26.3 Å². The molecule has 10 nitrogen and oxygen atoms in total. The van der Waals surface area contributed by atoms with E-state index in [2.05, 4.69) is 13.2 Å². The monoisotopic (exact) mass is 462 g/mol. The molecule has 0 aliphatic carbocycles. The fourth-order valence-electron chi connectivity index (χ4n) is 4.22. The Kier molecular flexibility index (Phi) is 6.40. The summed E-state index contributed by atoms with van der Waals surface area (Å²) in [7, 11) is -3.12. The molecule has 1 atom stereocenters. The van der Waals surface area contributed by atoms with Crippen LogP contribution in [0.25, 0.3) is 0 Å². The number of Topliss-reactive ketones (excluding diaryl/α,β-unsaturated/α-hetero) is 1. The summed E-state index contributed by atoms with van der Waals surface area (Å²) in [6.07, 6.45) is 3.16. The number of rotatable bonds is 8. The average Bonchev–Trinajstić information content (AvgIpc) is 3.23. The highest BCUT2D eigenvalue weighted by Gasteiger charge is 2.32. The van der Waals surface area contributed by atoms with Crippen LogP contribution in [-0.4, -0.2) is 44.0 Å². The third-order valence-corrected chi connectivity index (χ3v) is 7.42. The van der Waals surface area contributed by atoms with Crippen molar-refractivity contribution in [3.8, 4) is 0 Å². The van der Waals surface area contributed by atoms with Crippen molar-refractivity contribution in [1.29, 1.82) is 0 Å². The minimum Gasteiger partial charge on any atom is -0.344 e. The SMILES string of the molecule is C=CCn1c(=O)n(CC=C)c(=O)n(CC(=O)c2cc(C)n([C@H]3CCS(=O)(=O)C3)c2C)c1=O. The molecule has 0 saturated carbocycles. The first-order valence-corrected chi connectivity index (χ1v) is 11.9. The van der Waals surface area contributed by atoms with Gasteiger partial charge in [-0.25, -0.2) is 36.5 Å². The van der Waals surface area contributed by atoms with Crippen molar-refractivity contribution < 1.29 is 13.2 Å². The molecule has 32 heavy (non-hydrogen) atoms. The molecule has 2 aromatic heterocycles. The molecule has 3 heterocycles. The Labute approximate surface area is 184 Å². The Bertz CT molecular complexity index is 1340. The smallest absolute Gasteiger partial charge is 0.337 e. The van der Waals surface area contributed by atoms with E-state index in [1.54, 1.807) is 19.9 Å². The number of hydrogen-bond acceptors (Lipinski definition) is 6. The Hall–Kier alpha value is -3.21. The lowest BCUT2D eigenvalue weighted by Gasteiger charge is -2.16. The Morgan fingerprint density at radius 1 is 1.03 bits per heavy atom. The maximum Gasteiger partial charge on any atom is 0.337 e. The van der Waals surface area contributed by atoms with Crippen LogP contribution in [0.15, 0.2) is 45.8 Å². The van der Waals surface area contributed by atoms with Gasteiger partial charge >= 0.3 is 17.1 Å². The number of aryl methyl sites for hydroxylation is 1. The van der Waals surface area contributed by atoms with Gasteiger partial charge in [0.25, 0.3) is 0 Å². The van der Waals surface area contributed by atoms with Crippen molar-refractivity contribution in [1.82, 2.24) is 18.3 Å². The van der Waals surface area contributed by atoms with Gasteiger partial charge < -0.3 is 4.57 Å². The second-order valence-electron chi connectivity index (χ2n) is 7.87. The van der Waals surface area contributed by atoms with E-state index >= 15 is 0 Å². The van der Waals surface area contributed by atoms with E-state index in [0.29, 0.717) is 17.7 Å². The third-order valence-electron chi connectivity index (χ3n) is 5.67. The van der Waals surface area contributed by atoms with E-state index in [9.17, 15) is 27.6 Å². The molecule has 1 saturated heterocycles. The van der Waals surface area contributed by atoms with Crippen LogP contribution in [0.2, 0.25) is 0 Å². The minimum atomic E-state index is -3.12. The van der Waals surface area contributed by atoms with E-state index in [-0.39, 0.29) is 30.6 Å². The summed E-state index contributed by atoms with van der Waals surface area (Å²) >= 11 is 0. The van der Waals surface area contributed by atoms with E-state index in [0.717, 1.165) is 19.4 Å². The number of hydrogen-bond donors (Lipinski definition) is 0. The normalized spacial score (nSPS) is 17.4. The zero-order valence-electron chi connectivity index (χ0n) is 18.1. The van der Waals surface area contributed by atoms with Crippen LogP contribution < -0.4 is 17.1 Å². The summed E-state index contributed by atoms with van der Waals surface area (Å²) in [5, 5.41) is 0. The van der Waals surface area contributed by atoms with Crippen LogP contribution in [0.4, 0.5) is 0 Å². The fraction of sp³-hybridized carbons (Fsp3) is 0.429. The lowest BCUT2D eigenvalue weighted by Crippen LogP contribution is -2.55. The molecule has 1 fully saturated rings. The average molecular weight is 463 g/mol. The van der Waals surface area contributed by atoms with Crippen LogP contribution in [0.5, 0.6) is 0 Å². The number of aromatic nitrogens is 4. The summed E-state index contributed by atoms with van der Waals surface area (Å²) in [5.74, 6) is -0.380. The van der Waals surface area contributed by atoms with Gasteiger partial charge in [-0.2, -0.15) is 0 Å². The quantitative estimate of drug-likeness (QED) is 0.408. The summed E-state index contributed by atoms with van der Waals surface area (Å²) in [6.45, 7) is 9.74. The molecule has 0 unspecified atom stereocenters. The van der Waals surface area contributed by atoms with Crippen molar-refractivity contribution in [2.24, 2.45) is 0 Å². The van der Waals surface area contributed by atoms with Crippen molar-refractivity contribution in [3.63, 3.8) is 0 Å². The van der Waals surface area contributed by atoms with Gasteiger partial charge in [-0.3, -0.25) is 4.79 Å². The van der Waals surface area contributed by atoms with Gasteiger partial charge in [-0.15, -0.1) is 13.2 Å². The fourth-order valence-corrected chi connectivity index (χ4v) is 5.92. The van der Waals surface area contributed by atoms with Gasteiger partial charge in [0.2, 0.25) is 0 Å². The standard InChI is InChI=1S/C21H26N4O6S/c1-5-8-22-19(27)23(9-6-2)21(29)24(20(22)28)12-18(26)17-11-14(3)25(15(17)4)16-7-10-32(30,31)13-16/h5-6,11,16H,1-2,7-10,12-13H2,3-4H3/t16-/m0/s1. The Morgan fingerprint density at radius 3 is 2.03 bits per heavy atom. The predicted molar refractivity (Wildman–Crippen MR) is 120 cm³/mol. The number of allylic oxidation sites excluding steroid dienone is 2. The highest BCUT2D eigenvalue weighted by Crippen LogP contribution is 2.29. The number of carbonyl (C=O) groups excluding carboxylic acids is 1. The summed E-state index contributed by atoms with van der Waals surface area (Å²) in [5.41, 5.74) is -0.998. The molecule has 1 aliphatic heterocycles. The highest BCUT2D eigenvalue weighted by atomic mass is 32.2. The van der Waals surface area contributed by atoms with Crippen molar-refractivity contribution >= 4 is 15.6 Å². The first kappa shape index (κ1) is 23.5. The molecule has 3 rings (SSSR count). The van der Waals surface area contributed by atoms with Gasteiger partial charge in [0.15, 0.2) is 15.6 Å². The van der Waals surface area contributed by atoms with Gasteiger partial charge in [0.1, 0.15) is 0 Å². The van der Waals surface area contributed by atoms with Gasteiger partial charge in [0, 0.05) is 23.0 Å². The zero-order chi connectivity index (χ0) is 23.8. The molecule has 1 aliphatic rings. The lowest BCUT2D eigenvalue weighted by molar-refractivity contribution is 0.0966. The zero-order valence-corrected chi connectivity index (χ0v) is 18.9. The van der Waals surface area contributed by atoms with Crippen molar-refractivity contribution in [2.75, 3.05) is 11.5 Å². The van der Waals surface area contributed by atoms with Crippen molar-refractivity contribution in [2.45, 2.75) is 45.9 Å². The molecule has 0 N–H and O–H groups in total. The van der Waals surface area contributed by atoms with Crippen LogP contribution in [0, 0.1) is 13.8 Å². The summed E-state index contributed by atoms with van der Waals surface area (Å²) in [6, 6.07) is 1.37. The molecule has 0 spiro atoms. The van der Waals surface area contributed by atoms with Crippen LogP contribution in [0.1, 0.15) is 34.2 Å². The predicted octanol–water partition coefficient (Wildman–Crippen LogP) is 0.205. The van der Waals surface area contributed by atoms with E-state index in [1.165, 1.54) is 12.2 Å². The molecule has 11 heteroatoms. The number of nitrogens with zero attached hydrogens (tertiary/aromatic N) is 4. The maximum absolute atomic E-state index is 13.1. The van der Waals surface area contributed by atoms with Gasteiger partial charge in [0.05, 0.1) is 31.1 Å². The maximum atomic E-state index is 13.1. The first-order chi connectivity index (χ1) is 15.0. The molecule has 0 bridgehead atoms. The number of ketones is 1. The van der Waals surface area contributed by atoms with Crippen molar-refractivity contribution in [3.05, 3.63) is 79.8 Å². The van der Waals surface area contributed by atoms with Crippen LogP contribution in [-0.2, 0) is 29.5 Å². The van der Waals surface area contributed by atoms with Crippen LogP contribution >= 0.6 is 0 Å².